The fourth-order valence-electron chi connectivity index (χ4n) is 2.19. The Bertz CT molecular complexity index is 397. The Labute approximate surface area is 137 Å². The molecule has 2 aromatic carbocycles. The van der Waals surface area contributed by atoms with Crippen LogP contribution < -0.4 is 5.30 Å². The van der Waals surface area contributed by atoms with Gasteiger partial charge in [0.15, 0.2) is 0 Å². The summed E-state index contributed by atoms with van der Waals surface area (Å²) in [5.41, 5.74) is 3.22. The number of hydrogen-bond acceptors (Lipinski definition) is 0. The first-order valence-corrected chi connectivity index (χ1v) is 8.72. The van der Waals surface area contributed by atoms with E-state index in [1.807, 2.05) is 30.3 Å². The van der Waals surface area contributed by atoms with Crippen molar-refractivity contribution in [2.75, 3.05) is 6.16 Å². The van der Waals surface area contributed by atoms with E-state index < -0.39 is 0 Å². The van der Waals surface area contributed by atoms with Gasteiger partial charge in [-0.05, 0) is 6.16 Å². The Balaban J connectivity index is 0.000000507. The fraction of sp³-hybridized carbons (Fsp3) is 0.444. The number of hydrogen-bond donors (Lipinski definition) is 0. The zero-order valence-electron chi connectivity index (χ0n) is 12.9. The molecular formula is C18H27FeP. The SMILES string of the molecule is CCCCP[c-]1ccc(CC)c1CC.[Fe+2].c1cc[cH-]c1. The molecule has 0 saturated carbocycles. The molecule has 1 unspecified atom stereocenters. The summed E-state index contributed by atoms with van der Waals surface area (Å²) in [7, 11) is 1.04. The van der Waals surface area contributed by atoms with Crippen LogP contribution in [0.2, 0.25) is 0 Å². The summed E-state index contributed by atoms with van der Waals surface area (Å²) < 4.78 is 0. The smallest absolute Gasteiger partial charge is 0.214 e. The maximum atomic E-state index is 2.35. The molecule has 0 bridgehead atoms. The Morgan fingerprint density at radius 3 is 2.25 bits per heavy atom. The minimum absolute atomic E-state index is 0. The van der Waals surface area contributed by atoms with Crippen LogP contribution in [0.5, 0.6) is 0 Å². The fourth-order valence-corrected chi connectivity index (χ4v) is 3.74. The van der Waals surface area contributed by atoms with Crippen molar-refractivity contribution in [2.45, 2.75) is 46.5 Å². The quantitative estimate of drug-likeness (QED) is 0.301. The first kappa shape index (κ1) is 19.6. The first-order chi connectivity index (χ1) is 9.33. The van der Waals surface area contributed by atoms with Gasteiger partial charge in [-0.2, -0.15) is 44.0 Å². The van der Waals surface area contributed by atoms with Crippen LogP contribution in [-0.2, 0) is 29.9 Å². The third-order valence-corrected chi connectivity index (χ3v) is 4.75. The van der Waals surface area contributed by atoms with Gasteiger partial charge in [-0.3, -0.25) is 0 Å². The Morgan fingerprint density at radius 2 is 1.80 bits per heavy atom. The maximum absolute atomic E-state index is 2.35. The summed E-state index contributed by atoms with van der Waals surface area (Å²) >= 11 is 0. The molecule has 2 heteroatoms. The van der Waals surface area contributed by atoms with Crippen LogP contribution in [0, 0.1) is 0 Å². The topological polar surface area (TPSA) is 0 Å². The second-order valence-electron chi connectivity index (χ2n) is 4.70. The molecule has 0 nitrogen and oxygen atoms in total. The summed E-state index contributed by atoms with van der Waals surface area (Å²) in [6, 6.07) is 14.7. The van der Waals surface area contributed by atoms with Crippen molar-refractivity contribution >= 4 is 13.9 Å². The van der Waals surface area contributed by atoms with Crippen LogP contribution >= 0.6 is 8.58 Å². The van der Waals surface area contributed by atoms with Gasteiger partial charge in [0.1, 0.15) is 0 Å². The van der Waals surface area contributed by atoms with Crippen molar-refractivity contribution < 1.29 is 17.1 Å². The van der Waals surface area contributed by atoms with E-state index in [-0.39, 0.29) is 17.1 Å². The molecule has 0 aliphatic carbocycles. The second kappa shape index (κ2) is 12.4. The predicted octanol–water partition coefficient (Wildman–Crippen LogP) is 5.04. The van der Waals surface area contributed by atoms with Crippen LogP contribution in [-0.4, -0.2) is 6.16 Å². The van der Waals surface area contributed by atoms with Gasteiger partial charge in [-0.15, -0.1) is 5.30 Å². The third kappa shape index (κ3) is 6.89. The van der Waals surface area contributed by atoms with Crippen molar-refractivity contribution in [3.8, 4) is 0 Å². The van der Waals surface area contributed by atoms with Gasteiger partial charge in [-0.25, -0.2) is 18.2 Å². The molecule has 0 amide bonds. The minimum Gasteiger partial charge on any atom is -0.214 e. The molecule has 112 valence electrons. The Kier molecular flexibility index (Phi) is 12.2. The van der Waals surface area contributed by atoms with Crippen molar-refractivity contribution in [2.24, 2.45) is 0 Å². The summed E-state index contributed by atoms with van der Waals surface area (Å²) in [5.74, 6) is 0. The van der Waals surface area contributed by atoms with Crippen molar-refractivity contribution in [3.05, 3.63) is 53.6 Å². The summed E-state index contributed by atoms with van der Waals surface area (Å²) in [6.45, 7) is 6.81. The number of unbranched alkanes of at least 4 members (excludes halogenated alkanes) is 1. The van der Waals surface area contributed by atoms with E-state index in [1.54, 1.807) is 16.4 Å². The molecule has 20 heavy (non-hydrogen) atoms. The number of aryl methyl sites for hydroxylation is 1. The molecule has 2 rings (SSSR count). The van der Waals surface area contributed by atoms with E-state index in [0.29, 0.717) is 0 Å². The summed E-state index contributed by atoms with van der Waals surface area (Å²) in [6.07, 6.45) is 6.51. The average Bonchev–Trinajstić information content (AvgIpc) is 3.11. The van der Waals surface area contributed by atoms with E-state index in [9.17, 15) is 0 Å². The van der Waals surface area contributed by atoms with E-state index >= 15 is 0 Å². The predicted molar refractivity (Wildman–Crippen MR) is 90.6 cm³/mol. The summed E-state index contributed by atoms with van der Waals surface area (Å²) in [5, 5.41) is 1.64. The molecule has 1 atom stereocenters. The molecule has 0 aliphatic rings. The van der Waals surface area contributed by atoms with E-state index in [0.717, 1.165) is 8.58 Å². The van der Waals surface area contributed by atoms with Gasteiger partial charge in [0, 0.05) is 0 Å². The molecule has 0 radical (unpaired) electrons. The minimum atomic E-state index is 0. The third-order valence-electron chi connectivity index (χ3n) is 3.30. The van der Waals surface area contributed by atoms with Gasteiger partial charge in [0.2, 0.25) is 0 Å². The molecule has 2 aromatic rings. The molecule has 0 N–H and O–H groups in total. The maximum Gasteiger partial charge on any atom is 2.00 e. The first-order valence-electron chi connectivity index (χ1n) is 7.51. The second-order valence-corrected chi connectivity index (χ2v) is 6.09. The zero-order chi connectivity index (χ0) is 13.9. The Hall–Kier alpha value is -0.351. The average molecular weight is 330 g/mol. The van der Waals surface area contributed by atoms with E-state index in [4.69, 9.17) is 0 Å². The van der Waals surface area contributed by atoms with Gasteiger partial charge in [0.05, 0.1) is 0 Å². The van der Waals surface area contributed by atoms with Crippen LogP contribution in [0.15, 0.2) is 42.5 Å². The van der Waals surface area contributed by atoms with Gasteiger partial charge < -0.3 is 0 Å². The van der Waals surface area contributed by atoms with Crippen LogP contribution in [0.1, 0.15) is 44.7 Å². The van der Waals surface area contributed by atoms with E-state index in [1.165, 1.54) is 31.8 Å². The molecule has 0 saturated heterocycles. The summed E-state index contributed by atoms with van der Waals surface area (Å²) in [4.78, 5) is 0. The van der Waals surface area contributed by atoms with Gasteiger partial charge in [-0.1, -0.05) is 46.5 Å². The largest absolute Gasteiger partial charge is 2.00 e. The van der Waals surface area contributed by atoms with Crippen molar-refractivity contribution in [1.82, 2.24) is 0 Å². The zero-order valence-corrected chi connectivity index (χ0v) is 15.0. The standard InChI is InChI=1S/C13H22P.C5H5.Fe/c1-4-7-10-14-13-9-8-11(5-2)12(13)6-3;1-2-4-5-3-1;/h8-9,14H,4-7,10H2,1-3H3;1-5H;/q2*-1;+2. The van der Waals surface area contributed by atoms with Crippen molar-refractivity contribution in [3.63, 3.8) is 0 Å². The van der Waals surface area contributed by atoms with Crippen LogP contribution in [0.4, 0.5) is 0 Å². The molecular weight excluding hydrogens is 303 g/mol. The monoisotopic (exact) mass is 330 g/mol. The molecule has 0 fully saturated rings. The molecule has 0 spiro atoms. The van der Waals surface area contributed by atoms with Crippen molar-refractivity contribution in [1.29, 1.82) is 0 Å². The van der Waals surface area contributed by atoms with E-state index in [2.05, 4.69) is 32.9 Å². The van der Waals surface area contributed by atoms with Crippen LogP contribution in [0.3, 0.4) is 0 Å². The van der Waals surface area contributed by atoms with Gasteiger partial charge in [0.25, 0.3) is 0 Å². The molecule has 0 aromatic heterocycles. The van der Waals surface area contributed by atoms with Gasteiger partial charge >= 0.3 is 17.1 Å². The normalized spacial score (nSPS) is 10.2. The number of rotatable bonds is 6. The van der Waals surface area contributed by atoms with Crippen LogP contribution in [0.25, 0.3) is 0 Å². The molecule has 0 heterocycles. The Morgan fingerprint density at radius 1 is 1.10 bits per heavy atom. The molecule has 0 aliphatic heterocycles.